The molecule has 1 rings (SSSR count). The second-order valence-electron chi connectivity index (χ2n) is 7.85. The zero-order valence-corrected chi connectivity index (χ0v) is 17.3. The van der Waals surface area contributed by atoms with Crippen LogP contribution < -0.4 is 0 Å². The summed E-state index contributed by atoms with van der Waals surface area (Å²) in [5.74, 6) is 0.300. The van der Waals surface area contributed by atoms with Gasteiger partial charge < -0.3 is 9.47 Å². The van der Waals surface area contributed by atoms with Crippen molar-refractivity contribution in [1.82, 2.24) is 0 Å². The highest BCUT2D eigenvalue weighted by Crippen LogP contribution is 2.31. The number of carbonyl (C=O) groups excluding carboxylic acids is 2. The minimum atomic E-state index is -0.0794. The summed E-state index contributed by atoms with van der Waals surface area (Å²) >= 11 is 0. The highest BCUT2D eigenvalue weighted by atomic mass is 16.5. The molecule has 4 heteroatoms. The van der Waals surface area contributed by atoms with Crippen molar-refractivity contribution in [3.8, 4) is 0 Å². The summed E-state index contributed by atoms with van der Waals surface area (Å²) in [5.41, 5.74) is 0. The number of ether oxygens (including phenoxy) is 2. The molecule has 0 amide bonds. The first-order chi connectivity index (χ1) is 12.6. The molecule has 1 saturated carbocycles. The second kappa shape index (κ2) is 14.1. The summed E-state index contributed by atoms with van der Waals surface area (Å²) in [6.45, 7) is 7.57. The summed E-state index contributed by atoms with van der Waals surface area (Å²) < 4.78 is 11.0. The van der Waals surface area contributed by atoms with Crippen LogP contribution in [0.25, 0.3) is 0 Å². The fourth-order valence-electron chi connectivity index (χ4n) is 3.72. The van der Waals surface area contributed by atoms with Crippen molar-refractivity contribution in [2.45, 2.75) is 97.8 Å². The maximum absolute atomic E-state index is 12.4. The topological polar surface area (TPSA) is 52.6 Å². The number of esters is 2. The van der Waals surface area contributed by atoms with Crippen molar-refractivity contribution in [3.63, 3.8) is 0 Å². The summed E-state index contributed by atoms with van der Waals surface area (Å²) in [5, 5.41) is 0. The molecule has 0 aromatic heterocycles. The van der Waals surface area contributed by atoms with Crippen molar-refractivity contribution >= 4 is 11.9 Å². The van der Waals surface area contributed by atoms with Crippen LogP contribution in [0.2, 0.25) is 0 Å². The van der Waals surface area contributed by atoms with E-state index >= 15 is 0 Å². The van der Waals surface area contributed by atoms with Crippen LogP contribution in [0.1, 0.15) is 97.8 Å². The molecular formula is C22H40O4. The van der Waals surface area contributed by atoms with E-state index in [9.17, 15) is 9.59 Å². The number of hydrogen-bond acceptors (Lipinski definition) is 4. The number of unbranched alkanes of at least 4 members (excludes halogenated alkanes) is 3. The average Bonchev–Trinajstić information content (AvgIpc) is 2.66. The number of hydrogen-bond donors (Lipinski definition) is 0. The van der Waals surface area contributed by atoms with E-state index in [1.165, 1.54) is 19.3 Å². The third kappa shape index (κ3) is 9.05. The van der Waals surface area contributed by atoms with Gasteiger partial charge in [0.2, 0.25) is 0 Å². The monoisotopic (exact) mass is 368 g/mol. The SMILES string of the molecule is CCCCCC(CCC)COC(=O)C1CCC(C(=O)OCCCC)CC1. The van der Waals surface area contributed by atoms with Gasteiger partial charge in [-0.05, 0) is 50.9 Å². The maximum Gasteiger partial charge on any atom is 0.308 e. The van der Waals surface area contributed by atoms with Gasteiger partial charge in [-0.2, -0.15) is 0 Å². The molecule has 0 bridgehead atoms. The molecule has 1 unspecified atom stereocenters. The van der Waals surface area contributed by atoms with Crippen molar-refractivity contribution in [2.75, 3.05) is 13.2 Å². The quantitative estimate of drug-likeness (QED) is 0.310. The van der Waals surface area contributed by atoms with Gasteiger partial charge in [0.15, 0.2) is 0 Å². The third-order valence-corrected chi connectivity index (χ3v) is 5.51. The molecule has 0 spiro atoms. The van der Waals surface area contributed by atoms with Gasteiger partial charge in [-0.25, -0.2) is 0 Å². The normalized spacial score (nSPS) is 21.2. The lowest BCUT2D eigenvalue weighted by atomic mass is 9.82. The van der Waals surface area contributed by atoms with Crippen LogP contribution in [0.3, 0.4) is 0 Å². The predicted octanol–water partition coefficient (Wildman–Crippen LogP) is 5.68. The summed E-state index contributed by atoms with van der Waals surface area (Å²) in [6, 6.07) is 0. The minimum Gasteiger partial charge on any atom is -0.465 e. The van der Waals surface area contributed by atoms with Crippen LogP contribution >= 0.6 is 0 Å². The van der Waals surface area contributed by atoms with Gasteiger partial charge in [0.05, 0.1) is 25.0 Å². The zero-order valence-electron chi connectivity index (χ0n) is 17.3. The van der Waals surface area contributed by atoms with E-state index in [1.54, 1.807) is 0 Å². The van der Waals surface area contributed by atoms with Crippen LogP contribution in [0, 0.1) is 17.8 Å². The lowest BCUT2D eigenvalue weighted by Crippen LogP contribution is -2.29. The molecule has 0 aromatic carbocycles. The van der Waals surface area contributed by atoms with Crippen LogP contribution in [-0.4, -0.2) is 25.2 Å². The molecule has 0 radical (unpaired) electrons. The summed E-state index contributed by atoms with van der Waals surface area (Å²) in [6.07, 6.45) is 12.1. The predicted molar refractivity (Wildman–Crippen MR) is 105 cm³/mol. The minimum absolute atomic E-state index is 0.0298. The van der Waals surface area contributed by atoms with Crippen molar-refractivity contribution < 1.29 is 19.1 Å². The highest BCUT2D eigenvalue weighted by Gasteiger charge is 2.31. The van der Waals surface area contributed by atoms with E-state index in [0.29, 0.717) is 19.1 Å². The van der Waals surface area contributed by atoms with Gasteiger partial charge in [-0.3, -0.25) is 9.59 Å². The van der Waals surface area contributed by atoms with Crippen LogP contribution in [-0.2, 0) is 19.1 Å². The van der Waals surface area contributed by atoms with E-state index < -0.39 is 0 Å². The Labute approximate surface area is 160 Å². The molecule has 0 saturated heterocycles. The molecule has 0 N–H and O–H groups in total. The van der Waals surface area contributed by atoms with Crippen molar-refractivity contribution in [1.29, 1.82) is 0 Å². The van der Waals surface area contributed by atoms with Gasteiger partial charge in [-0.1, -0.05) is 52.9 Å². The Balaban J connectivity index is 2.28. The largest absolute Gasteiger partial charge is 0.465 e. The Morgan fingerprint density at radius 2 is 1.35 bits per heavy atom. The van der Waals surface area contributed by atoms with Gasteiger partial charge in [0.25, 0.3) is 0 Å². The molecule has 26 heavy (non-hydrogen) atoms. The van der Waals surface area contributed by atoms with Gasteiger partial charge in [-0.15, -0.1) is 0 Å². The van der Waals surface area contributed by atoms with Crippen molar-refractivity contribution in [2.24, 2.45) is 17.8 Å². The van der Waals surface area contributed by atoms with E-state index in [-0.39, 0.29) is 23.8 Å². The Morgan fingerprint density at radius 3 is 1.88 bits per heavy atom. The molecule has 152 valence electrons. The fraction of sp³-hybridized carbons (Fsp3) is 0.909. The number of carbonyl (C=O) groups is 2. The standard InChI is InChI=1S/C22H40O4/c1-4-7-9-11-18(10-6-3)17-26-22(24)20-14-12-19(13-15-20)21(23)25-16-8-5-2/h18-20H,4-17H2,1-3H3. The smallest absolute Gasteiger partial charge is 0.308 e. The molecule has 0 heterocycles. The molecule has 1 aliphatic rings. The first-order valence-electron chi connectivity index (χ1n) is 11.0. The Kier molecular flexibility index (Phi) is 12.4. The maximum atomic E-state index is 12.4. The Bertz CT molecular complexity index is 386. The van der Waals surface area contributed by atoms with Crippen LogP contribution in [0.5, 0.6) is 0 Å². The van der Waals surface area contributed by atoms with E-state index in [2.05, 4.69) is 20.8 Å². The molecule has 0 aromatic rings. The van der Waals surface area contributed by atoms with Crippen molar-refractivity contribution in [3.05, 3.63) is 0 Å². The third-order valence-electron chi connectivity index (χ3n) is 5.51. The first kappa shape index (κ1) is 23.0. The Hall–Kier alpha value is -1.06. The molecule has 1 aliphatic carbocycles. The van der Waals surface area contributed by atoms with E-state index in [0.717, 1.165) is 57.8 Å². The van der Waals surface area contributed by atoms with Gasteiger partial charge in [0.1, 0.15) is 0 Å². The van der Waals surface area contributed by atoms with E-state index in [1.807, 2.05) is 0 Å². The molecule has 1 atom stereocenters. The second-order valence-corrected chi connectivity index (χ2v) is 7.85. The lowest BCUT2D eigenvalue weighted by molar-refractivity contribution is -0.156. The number of rotatable bonds is 13. The lowest BCUT2D eigenvalue weighted by Gasteiger charge is -2.26. The van der Waals surface area contributed by atoms with Gasteiger partial charge in [0, 0.05) is 0 Å². The average molecular weight is 369 g/mol. The molecular weight excluding hydrogens is 328 g/mol. The Morgan fingerprint density at radius 1 is 0.769 bits per heavy atom. The van der Waals surface area contributed by atoms with Gasteiger partial charge >= 0.3 is 11.9 Å². The summed E-state index contributed by atoms with van der Waals surface area (Å²) in [7, 11) is 0. The van der Waals surface area contributed by atoms with Crippen LogP contribution in [0.15, 0.2) is 0 Å². The summed E-state index contributed by atoms with van der Waals surface area (Å²) in [4.78, 5) is 24.4. The first-order valence-corrected chi connectivity index (χ1v) is 11.0. The van der Waals surface area contributed by atoms with E-state index in [4.69, 9.17) is 9.47 Å². The van der Waals surface area contributed by atoms with Crippen LogP contribution in [0.4, 0.5) is 0 Å². The zero-order chi connectivity index (χ0) is 19.2. The molecule has 0 aliphatic heterocycles. The highest BCUT2D eigenvalue weighted by molar-refractivity contribution is 5.75. The fourth-order valence-corrected chi connectivity index (χ4v) is 3.72. The molecule has 1 fully saturated rings. The molecule has 4 nitrogen and oxygen atoms in total.